The van der Waals surface area contributed by atoms with Crippen molar-refractivity contribution in [1.82, 2.24) is 24.9 Å². The maximum Gasteiger partial charge on any atom is 0.183 e. The number of aliphatic hydroxyl groups is 1. The van der Waals surface area contributed by atoms with Crippen LogP contribution in [0.4, 0.5) is 14.6 Å². The van der Waals surface area contributed by atoms with Crippen LogP contribution in [0.5, 0.6) is 0 Å². The van der Waals surface area contributed by atoms with Crippen LogP contribution in [0.25, 0.3) is 22.9 Å². The zero-order valence-electron chi connectivity index (χ0n) is 17.0. The molecule has 3 aromatic heterocycles. The molecule has 0 aliphatic heterocycles. The number of rotatable bonds is 8. The molecule has 1 aliphatic rings. The molecule has 0 saturated heterocycles. The molecule has 0 unspecified atom stereocenters. The van der Waals surface area contributed by atoms with Crippen LogP contribution in [-0.4, -0.2) is 43.2 Å². The highest BCUT2D eigenvalue weighted by molar-refractivity contribution is 5.63. The molecule has 1 aliphatic carbocycles. The molecule has 32 heavy (non-hydrogen) atoms. The molecule has 2 N–H and O–H groups in total. The van der Waals surface area contributed by atoms with Crippen molar-refractivity contribution in [2.24, 2.45) is 5.41 Å². The van der Waals surface area contributed by atoms with Crippen molar-refractivity contribution in [3.63, 3.8) is 0 Å². The molecule has 0 radical (unpaired) electrons. The Morgan fingerprint density at radius 3 is 2.69 bits per heavy atom. The highest BCUT2D eigenvalue weighted by Crippen LogP contribution is 2.45. The van der Waals surface area contributed by atoms with E-state index in [0.717, 1.165) is 19.0 Å². The lowest BCUT2D eigenvalue weighted by atomic mass is 10.1. The number of aromatic nitrogens is 5. The zero-order valence-corrected chi connectivity index (χ0v) is 17.0. The van der Waals surface area contributed by atoms with Crippen LogP contribution in [0, 0.1) is 17.0 Å². The Balaban J connectivity index is 1.48. The van der Waals surface area contributed by atoms with Crippen LogP contribution in [0.3, 0.4) is 0 Å². The second-order valence-electron chi connectivity index (χ2n) is 7.95. The molecule has 1 aromatic carbocycles. The molecule has 0 amide bonds. The van der Waals surface area contributed by atoms with E-state index in [1.54, 1.807) is 35.0 Å². The van der Waals surface area contributed by atoms with Gasteiger partial charge < -0.3 is 14.9 Å². The molecule has 0 spiro atoms. The quantitative estimate of drug-likeness (QED) is 0.434. The molecular weight excluding hydrogens is 418 g/mol. The Morgan fingerprint density at radius 2 is 1.97 bits per heavy atom. The van der Waals surface area contributed by atoms with Crippen molar-refractivity contribution in [1.29, 1.82) is 0 Å². The average Bonchev–Trinajstić information content (AvgIpc) is 3.18. The van der Waals surface area contributed by atoms with E-state index in [2.05, 4.69) is 25.5 Å². The van der Waals surface area contributed by atoms with Gasteiger partial charge in [-0.1, -0.05) is 23.4 Å². The van der Waals surface area contributed by atoms with Gasteiger partial charge in [0.25, 0.3) is 0 Å². The van der Waals surface area contributed by atoms with E-state index in [1.165, 1.54) is 12.3 Å². The van der Waals surface area contributed by atoms with Gasteiger partial charge in [-0.25, -0.2) is 18.7 Å². The van der Waals surface area contributed by atoms with Crippen molar-refractivity contribution in [3.8, 4) is 22.9 Å². The summed E-state index contributed by atoms with van der Waals surface area (Å²) in [6.45, 7) is 0.615. The van der Waals surface area contributed by atoms with Gasteiger partial charge in [-0.05, 0) is 25.0 Å². The molecule has 10 heteroatoms. The maximum absolute atomic E-state index is 14.3. The fourth-order valence-corrected chi connectivity index (χ4v) is 3.44. The molecule has 4 aromatic rings. The lowest BCUT2D eigenvalue weighted by molar-refractivity contribution is 0.219. The van der Waals surface area contributed by atoms with Crippen LogP contribution in [0.15, 0.2) is 53.4 Å². The number of anilines is 1. The summed E-state index contributed by atoms with van der Waals surface area (Å²) in [7, 11) is 0. The second-order valence-corrected chi connectivity index (χ2v) is 7.95. The van der Waals surface area contributed by atoms with Crippen molar-refractivity contribution in [3.05, 3.63) is 66.1 Å². The molecule has 0 atom stereocenters. The van der Waals surface area contributed by atoms with Gasteiger partial charge in [0, 0.05) is 23.6 Å². The van der Waals surface area contributed by atoms with Gasteiger partial charge in [-0.3, -0.25) is 4.68 Å². The summed E-state index contributed by atoms with van der Waals surface area (Å²) in [5.41, 5.74) is 1.72. The van der Waals surface area contributed by atoms with Crippen molar-refractivity contribution < 1.29 is 18.4 Å². The Bertz CT molecular complexity index is 1240. The number of hydrogen-bond donors (Lipinski definition) is 2. The molecule has 3 heterocycles. The SMILES string of the molecule is OCC1(CNc2nc(-c3cc(-c4ccon4)n(Cc4ccccc4F)n3)ncc2F)CC1. The predicted octanol–water partition coefficient (Wildman–Crippen LogP) is 3.51. The first-order valence-electron chi connectivity index (χ1n) is 10.2. The molecule has 0 bridgehead atoms. The lowest BCUT2D eigenvalue weighted by Gasteiger charge is -2.13. The van der Waals surface area contributed by atoms with Crippen molar-refractivity contribution >= 4 is 5.82 Å². The van der Waals surface area contributed by atoms with Crippen LogP contribution < -0.4 is 5.32 Å². The normalized spacial score (nSPS) is 14.5. The molecule has 1 fully saturated rings. The summed E-state index contributed by atoms with van der Waals surface area (Å²) in [6, 6.07) is 9.80. The smallest absolute Gasteiger partial charge is 0.183 e. The Kier molecular flexibility index (Phi) is 5.14. The van der Waals surface area contributed by atoms with E-state index >= 15 is 0 Å². The Morgan fingerprint density at radius 1 is 1.12 bits per heavy atom. The van der Waals surface area contributed by atoms with Crippen LogP contribution in [0.2, 0.25) is 0 Å². The van der Waals surface area contributed by atoms with Crippen LogP contribution >= 0.6 is 0 Å². The zero-order chi connectivity index (χ0) is 22.1. The Labute approximate surface area is 181 Å². The maximum atomic E-state index is 14.3. The summed E-state index contributed by atoms with van der Waals surface area (Å²) >= 11 is 0. The summed E-state index contributed by atoms with van der Waals surface area (Å²) in [5.74, 6) is -0.691. The minimum absolute atomic E-state index is 0.0427. The van der Waals surface area contributed by atoms with Crippen LogP contribution in [-0.2, 0) is 6.54 Å². The average molecular weight is 438 g/mol. The van der Waals surface area contributed by atoms with Gasteiger partial charge in [0.1, 0.15) is 23.5 Å². The second kappa shape index (κ2) is 8.12. The minimum Gasteiger partial charge on any atom is -0.396 e. The first kappa shape index (κ1) is 20.3. The van der Waals surface area contributed by atoms with E-state index in [0.29, 0.717) is 29.2 Å². The van der Waals surface area contributed by atoms with E-state index < -0.39 is 5.82 Å². The van der Waals surface area contributed by atoms with Gasteiger partial charge in [-0.15, -0.1) is 0 Å². The summed E-state index contributed by atoms with van der Waals surface area (Å²) in [6.07, 6.45) is 4.28. The third kappa shape index (κ3) is 3.96. The fourth-order valence-electron chi connectivity index (χ4n) is 3.44. The van der Waals surface area contributed by atoms with Gasteiger partial charge in [-0.2, -0.15) is 5.10 Å². The summed E-state index contributed by atoms with van der Waals surface area (Å²) < 4.78 is 35.0. The fraction of sp³-hybridized carbons (Fsp3) is 0.273. The number of hydrogen-bond acceptors (Lipinski definition) is 7. The van der Waals surface area contributed by atoms with Gasteiger partial charge >= 0.3 is 0 Å². The number of halogens is 2. The number of benzene rings is 1. The first-order chi connectivity index (χ1) is 15.6. The summed E-state index contributed by atoms with van der Waals surface area (Å²) in [4.78, 5) is 8.38. The Hall–Kier alpha value is -3.66. The number of aliphatic hydroxyl groups excluding tert-OH is 1. The largest absolute Gasteiger partial charge is 0.396 e. The highest BCUT2D eigenvalue weighted by Gasteiger charge is 2.41. The highest BCUT2D eigenvalue weighted by atomic mass is 19.1. The molecule has 8 nitrogen and oxygen atoms in total. The molecule has 164 valence electrons. The molecule has 1 saturated carbocycles. The van der Waals surface area contributed by atoms with E-state index in [-0.39, 0.29) is 36.0 Å². The van der Waals surface area contributed by atoms with Crippen LogP contribution in [0.1, 0.15) is 18.4 Å². The van der Waals surface area contributed by atoms with E-state index in [9.17, 15) is 13.9 Å². The lowest BCUT2D eigenvalue weighted by Crippen LogP contribution is -2.20. The number of nitrogens with one attached hydrogen (secondary N) is 1. The van der Waals surface area contributed by atoms with E-state index in [1.807, 2.05) is 0 Å². The van der Waals surface area contributed by atoms with Crippen molar-refractivity contribution in [2.45, 2.75) is 19.4 Å². The number of nitrogens with zero attached hydrogens (tertiary/aromatic N) is 5. The van der Waals surface area contributed by atoms with Gasteiger partial charge in [0.2, 0.25) is 0 Å². The first-order valence-corrected chi connectivity index (χ1v) is 10.2. The summed E-state index contributed by atoms with van der Waals surface area (Å²) in [5, 5.41) is 20.9. The topological polar surface area (TPSA) is 102 Å². The molecular formula is C22H20F2N6O2. The standard InChI is InChI=1S/C22H20F2N6O2/c23-15-4-2-1-3-14(15)11-30-19(17-5-8-32-29-17)9-18(28-30)21-25-10-16(24)20(27-21)26-12-22(13-31)6-7-22/h1-5,8-10,31H,6-7,11-13H2,(H,25,26,27). The van der Waals surface area contributed by atoms with Gasteiger partial charge in [0.15, 0.2) is 17.5 Å². The molecule has 5 rings (SSSR count). The van der Waals surface area contributed by atoms with E-state index in [4.69, 9.17) is 4.52 Å². The third-order valence-corrected chi connectivity index (χ3v) is 5.65. The van der Waals surface area contributed by atoms with Gasteiger partial charge in [0.05, 0.1) is 25.0 Å². The predicted molar refractivity (Wildman–Crippen MR) is 111 cm³/mol. The third-order valence-electron chi connectivity index (χ3n) is 5.65. The monoisotopic (exact) mass is 438 g/mol. The van der Waals surface area contributed by atoms with Crippen molar-refractivity contribution in [2.75, 3.05) is 18.5 Å². The minimum atomic E-state index is -0.593.